The fourth-order valence-electron chi connectivity index (χ4n) is 2.60. The lowest BCUT2D eigenvalue weighted by molar-refractivity contribution is -0.155. The molecule has 7 nitrogen and oxygen atoms in total. The van der Waals surface area contributed by atoms with Gasteiger partial charge in [-0.15, -0.1) is 0 Å². The highest BCUT2D eigenvalue weighted by molar-refractivity contribution is 5.88. The number of nitrogens with two attached hydrogens (primary N) is 1. The van der Waals surface area contributed by atoms with Crippen LogP contribution in [0.3, 0.4) is 0 Å². The van der Waals surface area contributed by atoms with Crippen molar-refractivity contribution in [2.24, 2.45) is 5.73 Å². The number of nitrogens with zero attached hydrogens (tertiary/aromatic N) is 2. The van der Waals surface area contributed by atoms with Crippen LogP contribution in [0.4, 0.5) is 0 Å². The normalized spacial score (nSPS) is 12.6. The smallest absolute Gasteiger partial charge is 0.307 e. The van der Waals surface area contributed by atoms with E-state index in [1.165, 1.54) is 5.56 Å². The van der Waals surface area contributed by atoms with Crippen LogP contribution in [0.15, 0.2) is 34.9 Å². The summed E-state index contributed by atoms with van der Waals surface area (Å²) in [6.07, 6.45) is 2.44. The van der Waals surface area contributed by atoms with E-state index in [9.17, 15) is 9.59 Å². The van der Waals surface area contributed by atoms with Gasteiger partial charge in [0.1, 0.15) is 5.60 Å². The van der Waals surface area contributed by atoms with Gasteiger partial charge in [0.25, 0.3) is 11.7 Å². The molecule has 1 atom stereocenters. The van der Waals surface area contributed by atoms with Crippen molar-refractivity contribution < 1.29 is 18.8 Å². The highest BCUT2D eigenvalue weighted by Gasteiger charge is 2.26. The molecule has 0 aliphatic heterocycles. The van der Waals surface area contributed by atoms with Crippen molar-refractivity contribution in [3.63, 3.8) is 0 Å². The summed E-state index contributed by atoms with van der Waals surface area (Å²) >= 11 is 0. The van der Waals surface area contributed by atoms with E-state index in [0.717, 1.165) is 12.8 Å². The third kappa shape index (κ3) is 6.31. The van der Waals surface area contributed by atoms with Gasteiger partial charge in [-0.3, -0.25) is 9.59 Å². The van der Waals surface area contributed by atoms with Gasteiger partial charge in [-0.25, -0.2) is 0 Å². The van der Waals surface area contributed by atoms with E-state index in [1.807, 2.05) is 39.0 Å². The van der Waals surface area contributed by atoms with Gasteiger partial charge in [-0.1, -0.05) is 35.5 Å². The predicted molar refractivity (Wildman–Crippen MR) is 95.4 cm³/mol. The lowest BCUT2D eigenvalue weighted by Crippen LogP contribution is -2.25. The van der Waals surface area contributed by atoms with E-state index in [-0.39, 0.29) is 30.0 Å². The van der Waals surface area contributed by atoms with Crippen LogP contribution in [-0.4, -0.2) is 27.6 Å². The van der Waals surface area contributed by atoms with E-state index in [4.69, 9.17) is 15.0 Å². The maximum Gasteiger partial charge on any atom is 0.307 e. The van der Waals surface area contributed by atoms with Crippen LogP contribution in [0.2, 0.25) is 0 Å². The third-order valence-electron chi connectivity index (χ3n) is 3.71. The zero-order valence-corrected chi connectivity index (χ0v) is 15.4. The Kier molecular flexibility index (Phi) is 6.49. The average molecular weight is 359 g/mol. The number of ether oxygens (including phenoxy) is 1. The van der Waals surface area contributed by atoms with Crippen LogP contribution in [0, 0.1) is 0 Å². The summed E-state index contributed by atoms with van der Waals surface area (Å²) in [4.78, 5) is 27.4. The van der Waals surface area contributed by atoms with E-state index in [1.54, 1.807) is 0 Å². The third-order valence-corrected chi connectivity index (χ3v) is 3.71. The summed E-state index contributed by atoms with van der Waals surface area (Å²) < 4.78 is 10.5. The lowest BCUT2D eigenvalue weighted by Gasteiger charge is -2.21. The van der Waals surface area contributed by atoms with Crippen LogP contribution >= 0.6 is 0 Å². The zero-order valence-electron chi connectivity index (χ0n) is 15.4. The Hall–Kier alpha value is -2.70. The second-order valence-electron chi connectivity index (χ2n) is 7.19. The van der Waals surface area contributed by atoms with E-state index in [0.29, 0.717) is 6.42 Å². The first-order chi connectivity index (χ1) is 12.2. The molecular weight excluding hydrogens is 334 g/mol. The summed E-state index contributed by atoms with van der Waals surface area (Å²) in [7, 11) is 0. The Morgan fingerprint density at radius 1 is 1.23 bits per heavy atom. The number of aromatic nitrogens is 2. The Morgan fingerprint density at radius 3 is 2.50 bits per heavy atom. The number of amides is 1. The highest BCUT2D eigenvalue weighted by Crippen LogP contribution is 2.26. The molecule has 1 amide bonds. The Labute approximate surface area is 152 Å². The van der Waals surface area contributed by atoms with Crippen molar-refractivity contribution in [2.75, 3.05) is 0 Å². The molecular formula is C19H25N3O4. The van der Waals surface area contributed by atoms with Crippen LogP contribution < -0.4 is 5.73 Å². The molecule has 2 N–H and O–H groups in total. The van der Waals surface area contributed by atoms with Crippen molar-refractivity contribution in [1.29, 1.82) is 0 Å². The van der Waals surface area contributed by atoms with Crippen molar-refractivity contribution in [2.45, 2.75) is 58.0 Å². The SMILES string of the molecule is CC(C)(C)OC(=O)C[C@@H](CCCc1ccccc1)c1nc(C(N)=O)no1. The number of aryl methyl sites for hydroxylation is 1. The minimum atomic E-state index is -0.764. The molecule has 0 bridgehead atoms. The second-order valence-corrected chi connectivity index (χ2v) is 7.19. The highest BCUT2D eigenvalue weighted by atomic mass is 16.6. The van der Waals surface area contributed by atoms with Crippen molar-refractivity contribution in [1.82, 2.24) is 10.1 Å². The number of hydrogen-bond donors (Lipinski definition) is 1. The number of primary amides is 1. The minimum Gasteiger partial charge on any atom is -0.460 e. The molecule has 0 fully saturated rings. The summed E-state index contributed by atoms with van der Waals surface area (Å²) in [5.41, 5.74) is 5.82. The standard InChI is InChI=1S/C19H25N3O4/c1-19(2,3)25-15(23)12-14(18-21-17(16(20)24)22-26-18)11-7-10-13-8-5-4-6-9-13/h4-6,8-9,14H,7,10-12H2,1-3H3,(H2,20,24)/t14-/m1/s1. The molecule has 26 heavy (non-hydrogen) atoms. The van der Waals surface area contributed by atoms with Gasteiger partial charge in [0.2, 0.25) is 5.89 Å². The van der Waals surface area contributed by atoms with Crippen LogP contribution in [0.25, 0.3) is 0 Å². The molecule has 7 heteroatoms. The average Bonchev–Trinajstić information content (AvgIpc) is 3.03. The molecule has 0 saturated carbocycles. The number of carbonyl (C=O) groups excluding carboxylic acids is 2. The molecule has 0 aliphatic rings. The summed E-state index contributed by atoms with van der Waals surface area (Å²) in [6.45, 7) is 5.44. The molecule has 0 spiro atoms. The molecule has 0 aliphatic carbocycles. The van der Waals surface area contributed by atoms with Crippen LogP contribution in [-0.2, 0) is 16.0 Å². The quantitative estimate of drug-likeness (QED) is 0.726. The second kappa shape index (κ2) is 8.60. The first-order valence-electron chi connectivity index (χ1n) is 8.64. The van der Waals surface area contributed by atoms with Gasteiger partial charge in [0, 0.05) is 5.92 Å². The number of hydrogen-bond acceptors (Lipinski definition) is 6. The van der Waals surface area contributed by atoms with Crippen LogP contribution in [0.1, 0.15) is 68.0 Å². The molecule has 2 aromatic rings. The number of esters is 1. The number of rotatable bonds is 8. The van der Waals surface area contributed by atoms with Gasteiger partial charge in [0.15, 0.2) is 0 Å². The molecule has 2 rings (SSSR count). The summed E-state index contributed by atoms with van der Waals surface area (Å²) in [5, 5.41) is 3.57. The van der Waals surface area contributed by atoms with Crippen molar-refractivity contribution in [3.8, 4) is 0 Å². The first-order valence-corrected chi connectivity index (χ1v) is 8.64. The summed E-state index contributed by atoms with van der Waals surface area (Å²) in [5.74, 6) is -1.38. The molecule has 0 radical (unpaired) electrons. The van der Waals surface area contributed by atoms with Crippen LogP contribution in [0.5, 0.6) is 0 Å². The van der Waals surface area contributed by atoms with Gasteiger partial charge < -0.3 is 15.0 Å². The minimum absolute atomic E-state index is 0.104. The Bertz CT molecular complexity index is 735. The fraction of sp³-hybridized carbons (Fsp3) is 0.474. The van der Waals surface area contributed by atoms with Gasteiger partial charge in [-0.2, -0.15) is 4.98 Å². The maximum absolute atomic E-state index is 12.2. The Morgan fingerprint density at radius 2 is 1.92 bits per heavy atom. The molecule has 1 aromatic carbocycles. The zero-order chi connectivity index (χ0) is 19.2. The summed E-state index contributed by atoms with van der Waals surface area (Å²) in [6, 6.07) is 10.1. The Balaban J connectivity index is 2.04. The van der Waals surface area contributed by atoms with Crippen molar-refractivity contribution in [3.05, 3.63) is 47.6 Å². The molecule has 0 unspecified atom stereocenters. The topological polar surface area (TPSA) is 108 Å². The molecule has 1 aromatic heterocycles. The van der Waals surface area contributed by atoms with Crippen molar-refractivity contribution >= 4 is 11.9 Å². The molecule has 1 heterocycles. The first kappa shape index (κ1) is 19.6. The number of carbonyl (C=O) groups is 2. The maximum atomic E-state index is 12.2. The molecule has 0 saturated heterocycles. The fourth-order valence-corrected chi connectivity index (χ4v) is 2.60. The predicted octanol–water partition coefficient (Wildman–Crippen LogP) is 3.01. The molecule has 140 valence electrons. The van der Waals surface area contributed by atoms with Gasteiger partial charge in [-0.05, 0) is 45.6 Å². The number of benzene rings is 1. The van der Waals surface area contributed by atoms with Gasteiger partial charge >= 0.3 is 5.97 Å². The van der Waals surface area contributed by atoms with E-state index < -0.39 is 11.5 Å². The lowest BCUT2D eigenvalue weighted by atomic mass is 9.96. The van der Waals surface area contributed by atoms with E-state index >= 15 is 0 Å². The van der Waals surface area contributed by atoms with E-state index in [2.05, 4.69) is 22.3 Å². The monoisotopic (exact) mass is 359 g/mol. The van der Waals surface area contributed by atoms with Gasteiger partial charge in [0.05, 0.1) is 6.42 Å². The largest absolute Gasteiger partial charge is 0.460 e.